The fourth-order valence-electron chi connectivity index (χ4n) is 3.46. The molecule has 2 N–H and O–H groups in total. The Balaban J connectivity index is 0.000000654. The Morgan fingerprint density at radius 3 is 2.59 bits per heavy atom. The molecule has 2 aliphatic heterocycles. The molecule has 0 unspecified atom stereocenters. The average Bonchev–Trinajstić information content (AvgIpc) is 3.03. The SMILES string of the molecule is CC1=C(OCC(F)(F)F)N(C)CC(CN2Cc3c(ccnc3C=O)C2=O)=C1.CNCCO. The topological polar surface area (TPSA) is 95.0 Å². The number of nitrogens with zero attached hydrogens (tertiary/aromatic N) is 3. The Morgan fingerprint density at radius 1 is 1.34 bits per heavy atom. The van der Waals surface area contributed by atoms with E-state index in [0.717, 1.165) is 5.57 Å². The number of ether oxygens (including phenoxy) is 1. The molecule has 0 saturated carbocycles. The number of amides is 1. The molecule has 32 heavy (non-hydrogen) atoms. The number of aldehydes is 1. The van der Waals surface area contributed by atoms with Crippen molar-refractivity contribution in [3.8, 4) is 0 Å². The van der Waals surface area contributed by atoms with E-state index >= 15 is 0 Å². The van der Waals surface area contributed by atoms with Crippen LogP contribution >= 0.6 is 0 Å². The molecule has 1 aromatic heterocycles. The van der Waals surface area contributed by atoms with Gasteiger partial charge in [0.2, 0.25) is 0 Å². The molecule has 0 atom stereocenters. The predicted molar refractivity (Wildman–Crippen MR) is 111 cm³/mol. The van der Waals surface area contributed by atoms with Crippen LogP contribution in [0.25, 0.3) is 0 Å². The molecule has 176 valence electrons. The van der Waals surface area contributed by atoms with E-state index in [0.29, 0.717) is 42.6 Å². The Bertz CT molecular complexity index is 898. The minimum Gasteiger partial charge on any atom is -0.469 e. The number of aromatic nitrogens is 1. The first-order valence-corrected chi connectivity index (χ1v) is 9.90. The number of allylic oxidation sites excluding steroid dienone is 2. The van der Waals surface area contributed by atoms with E-state index in [1.54, 1.807) is 43.0 Å². The van der Waals surface area contributed by atoms with Crippen LogP contribution in [0.5, 0.6) is 0 Å². The summed E-state index contributed by atoms with van der Waals surface area (Å²) >= 11 is 0. The molecule has 8 nitrogen and oxygen atoms in total. The molecule has 2 aliphatic rings. The van der Waals surface area contributed by atoms with Crippen LogP contribution in [0.1, 0.15) is 33.3 Å². The number of aliphatic hydroxyl groups is 1. The van der Waals surface area contributed by atoms with Gasteiger partial charge < -0.3 is 25.0 Å². The number of halogens is 3. The quantitative estimate of drug-likeness (QED) is 0.604. The van der Waals surface area contributed by atoms with E-state index in [4.69, 9.17) is 9.84 Å². The maximum atomic E-state index is 12.6. The molecule has 11 heteroatoms. The van der Waals surface area contributed by atoms with Gasteiger partial charge in [0.1, 0.15) is 5.69 Å². The van der Waals surface area contributed by atoms with Crippen molar-refractivity contribution in [2.24, 2.45) is 0 Å². The summed E-state index contributed by atoms with van der Waals surface area (Å²) in [6.45, 7) is 2.15. The number of fused-ring (bicyclic) bond motifs is 1. The standard InChI is InChI=1S/C18H18F3N3O3.C3H9NO/c1-11-5-12(6-23(2)17(11)27-10-18(19,20)21)7-24-8-14-13(16(24)26)3-4-22-15(14)9-25;1-4-2-3-5/h3-5,9H,6-8,10H2,1-2H3;4-5H,2-3H2,1H3. The van der Waals surface area contributed by atoms with E-state index in [2.05, 4.69) is 10.3 Å². The third-order valence-electron chi connectivity index (χ3n) is 4.74. The van der Waals surface area contributed by atoms with Gasteiger partial charge in [0, 0.05) is 56.1 Å². The molecular formula is C21H27F3N4O4. The van der Waals surface area contributed by atoms with Gasteiger partial charge in [0.05, 0.1) is 6.61 Å². The van der Waals surface area contributed by atoms with Crippen LogP contribution in [-0.2, 0) is 11.3 Å². The second-order valence-corrected chi connectivity index (χ2v) is 7.38. The number of hydrogen-bond donors (Lipinski definition) is 2. The first-order chi connectivity index (χ1) is 15.1. The zero-order valence-electron chi connectivity index (χ0n) is 18.2. The van der Waals surface area contributed by atoms with Crippen LogP contribution in [0.2, 0.25) is 0 Å². The number of aliphatic hydroxyl groups excluding tert-OH is 1. The highest BCUT2D eigenvalue weighted by atomic mass is 19.4. The van der Waals surface area contributed by atoms with Gasteiger partial charge in [-0.2, -0.15) is 13.2 Å². The zero-order chi connectivity index (χ0) is 23.9. The Labute approximate surface area is 184 Å². The van der Waals surface area contributed by atoms with E-state index in [-0.39, 0.29) is 30.6 Å². The monoisotopic (exact) mass is 456 g/mol. The Hall–Kier alpha value is -2.92. The van der Waals surface area contributed by atoms with Gasteiger partial charge in [0.15, 0.2) is 18.8 Å². The van der Waals surface area contributed by atoms with Gasteiger partial charge in [-0.3, -0.25) is 14.6 Å². The summed E-state index contributed by atoms with van der Waals surface area (Å²) < 4.78 is 42.1. The van der Waals surface area contributed by atoms with Gasteiger partial charge in [0.25, 0.3) is 5.91 Å². The molecule has 3 heterocycles. The Kier molecular flexibility index (Phi) is 8.79. The zero-order valence-corrected chi connectivity index (χ0v) is 18.2. The van der Waals surface area contributed by atoms with Crippen LogP contribution in [-0.4, -0.2) is 85.2 Å². The van der Waals surface area contributed by atoms with E-state index in [9.17, 15) is 22.8 Å². The lowest BCUT2D eigenvalue weighted by Gasteiger charge is -2.31. The average molecular weight is 456 g/mol. The maximum absolute atomic E-state index is 12.6. The van der Waals surface area contributed by atoms with Crippen molar-refractivity contribution in [3.63, 3.8) is 0 Å². The summed E-state index contributed by atoms with van der Waals surface area (Å²) in [6, 6.07) is 1.58. The highest BCUT2D eigenvalue weighted by Gasteiger charge is 2.32. The van der Waals surface area contributed by atoms with Gasteiger partial charge >= 0.3 is 6.18 Å². The summed E-state index contributed by atoms with van der Waals surface area (Å²) in [5.41, 5.74) is 2.72. The fourth-order valence-corrected chi connectivity index (χ4v) is 3.46. The largest absolute Gasteiger partial charge is 0.469 e. The number of nitrogens with one attached hydrogen (secondary N) is 1. The predicted octanol–water partition coefficient (Wildman–Crippen LogP) is 1.73. The summed E-state index contributed by atoms with van der Waals surface area (Å²) in [5.74, 6) is -0.0284. The molecule has 0 fully saturated rings. The maximum Gasteiger partial charge on any atom is 0.422 e. The van der Waals surface area contributed by atoms with Crippen molar-refractivity contribution in [1.29, 1.82) is 0 Å². The molecular weight excluding hydrogens is 429 g/mol. The van der Waals surface area contributed by atoms with Crippen LogP contribution in [0, 0.1) is 0 Å². The third kappa shape index (κ3) is 6.54. The molecule has 0 bridgehead atoms. The van der Waals surface area contributed by atoms with Gasteiger partial charge in [-0.05, 0) is 25.6 Å². The number of carbonyl (C=O) groups is 2. The van der Waals surface area contributed by atoms with Crippen molar-refractivity contribution in [3.05, 3.63) is 52.2 Å². The van der Waals surface area contributed by atoms with Crippen molar-refractivity contribution < 1.29 is 32.6 Å². The van der Waals surface area contributed by atoms with E-state index in [1.165, 1.54) is 6.20 Å². The number of likely N-dealkylation sites (N-methyl/N-ethyl adjacent to an activating group) is 2. The summed E-state index contributed by atoms with van der Waals surface area (Å²) in [5, 5.41) is 10.8. The van der Waals surface area contributed by atoms with Crippen LogP contribution in [0.15, 0.2) is 35.4 Å². The van der Waals surface area contributed by atoms with Crippen molar-refractivity contribution in [1.82, 2.24) is 20.1 Å². The minimum absolute atomic E-state index is 0.166. The van der Waals surface area contributed by atoms with Crippen molar-refractivity contribution in [2.75, 3.05) is 46.9 Å². The normalized spacial score (nSPS) is 15.8. The first-order valence-electron chi connectivity index (χ1n) is 9.90. The van der Waals surface area contributed by atoms with Gasteiger partial charge in [-0.25, -0.2) is 0 Å². The molecule has 0 radical (unpaired) electrons. The van der Waals surface area contributed by atoms with E-state index in [1.807, 2.05) is 0 Å². The second-order valence-electron chi connectivity index (χ2n) is 7.38. The lowest BCUT2D eigenvalue weighted by atomic mass is 10.1. The van der Waals surface area contributed by atoms with Crippen molar-refractivity contribution in [2.45, 2.75) is 19.6 Å². The summed E-state index contributed by atoms with van der Waals surface area (Å²) in [6.07, 6.45) is -0.619. The van der Waals surface area contributed by atoms with E-state index < -0.39 is 12.8 Å². The molecule has 0 spiro atoms. The number of carbonyl (C=O) groups excluding carboxylic acids is 2. The first kappa shape index (κ1) is 25.3. The second kappa shape index (κ2) is 11.1. The molecule has 0 aromatic carbocycles. The summed E-state index contributed by atoms with van der Waals surface area (Å²) in [7, 11) is 3.44. The minimum atomic E-state index is -4.41. The lowest BCUT2D eigenvalue weighted by Crippen LogP contribution is -2.34. The summed E-state index contributed by atoms with van der Waals surface area (Å²) in [4.78, 5) is 30.8. The highest BCUT2D eigenvalue weighted by Crippen LogP contribution is 2.28. The Morgan fingerprint density at radius 2 is 2.06 bits per heavy atom. The fraction of sp³-hybridized carbons (Fsp3) is 0.476. The molecule has 1 amide bonds. The molecule has 3 rings (SSSR count). The highest BCUT2D eigenvalue weighted by molar-refractivity contribution is 6.00. The molecule has 0 aliphatic carbocycles. The van der Waals surface area contributed by atoms with Crippen LogP contribution < -0.4 is 5.32 Å². The van der Waals surface area contributed by atoms with Crippen molar-refractivity contribution >= 4 is 12.2 Å². The number of pyridine rings is 1. The smallest absolute Gasteiger partial charge is 0.422 e. The molecule has 0 saturated heterocycles. The number of alkyl halides is 3. The third-order valence-corrected chi connectivity index (χ3v) is 4.74. The number of rotatable bonds is 7. The molecule has 1 aromatic rings. The van der Waals surface area contributed by atoms with Crippen LogP contribution in [0.3, 0.4) is 0 Å². The van der Waals surface area contributed by atoms with Gasteiger partial charge in [-0.15, -0.1) is 0 Å². The van der Waals surface area contributed by atoms with Gasteiger partial charge in [-0.1, -0.05) is 6.08 Å². The lowest BCUT2D eigenvalue weighted by molar-refractivity contribution is -0.169. The number of hydrogen-bond acceptors (Lipinski definition) is 7. The van der Waals surface area contributed by atoms with Crippen LogP contribution in [0.4, 0.5) is 13.2 Å².